The zero-order valence-corrected chi connectivity index (χ0v) is 11.7. The van der Waals surface area contributed by atoms with E-state index < -0.39 is 5.97 Å². The van der Waals surface area contributed by atoms with Crippen molar-refractivity contribution in [2.45, 2.75) is 0 Å². The molecule has 2 N–H and O–H groups in total. The minimum atomic E-state index is -0.945. The highest BCUT2D eigenvalue weighted by atomic mass is 35.5. The highest BCUT2D eigenvalue weighted by Gasteiger charge is 2.08. The number of hydrogen-bond donors (Lipinski definition) is 2. The Kier molecular flexibility index (Phi) is 4.48. The molecule has 0 bridgehead atoms. The zero-order valence-electron chi connectivity index (χ0n) is 10.9. The van der Waals surface area contributed by atoms with Crippen LogP contribution in [0.5, 0.6) is 0 Å². The minimum absolute atomic E-state index is 0.257. The summed E-state index contributed by atoms with van der Waals surface area (Å²) in [5.74, 6) is -0.945. The Morgan fingerprint density at radius 2 is 1.85 bits per heavy atom. The standard InChI is InChI=1S/C15H13BClNO2/c16-18-14-9-11(6-7-13(14)15(19)20)5-4-10-2-1-3-12(17)8-10/h1-9,18H,16H2,(H,19,20)/b5-4+. The van der Waals surface area contributed by atoms with Gasteiger partial charge in [-0.25, -0.2) is 4.79 Å². The van der Waals surface area contributed by atoms with Gasteiger partial charge in [-0.2, -0.15) is 0 Å². The first-order valence-electron chi connectivity index (χ1n) is 6.09. The van der Waals surface area contributed by atoms with Gasteiger partial charge in [0, 0.05) is 10.7 Å². The molecule has 0 unspecified atom stereocenters. The zero-order chi connectivity index (χ0) is 14.5. The summed E-state index contributed by atoms with van der Waals surface area (Å²) in [7, 11) is 1.70. The minimum Gasteiger partial charge on any atom is -0.478 e. The molecule has 0 aliphatic rings. The molecule has 3 nitrogen and oxygen atoms in total. The van der Waals surface area contributed by atoms with Crippen LogP contribution in [-0.4, -0.2) is 19.1 Å². The fraction of sp³-hybridized carbons (Fsp3) is 0. The van der Waals surface area contributed by atoms with Crippen molar-refractivity contribution >= 4 is 43.4 Å². The Balaban J connectivity index is 2.28. The molecule has 0 atom stereocenters. The molecule has 2 aromatic carbocycles. The number of benzene rings is 2. The summed E-state index contributed by atoms with van der Waals surface area (Å²) in [6.07, 6.45) is 3.85. The first-order chi connectivity index (χ1) is 9.60. The fourth-order valence-corrected chi connectivity index (χ4v) is 2.06. The van der Waals surface area contributed by atoms with Gasteiger partial charge in [0.25, 0.3) is 0 Å². The number of carboxylic acids is 1. The molecule has 100 valence electrons. The molecule has 0 saturated heterocycles. The van der Waals surface area contributed by atoms with Gasteiger partial charge in [-0.1, -0.05) is 42.0 Å². The van der Waals surface area contributed by atoms with E-state index in [2.05, 4.69) is 5.23 Å². The maximum atomic E-state index is 11.0. The molecule has 0 amide bonds. The van der Waals surface area contributed by atoms with Crippen LogP contribution >= 0.6 is 11.6 Å². The number of anilines is 1. The largest absolute Gasteiger partial charge is 0.478 e. The molecule has 0 spiro atoms. The summed E-state index contributed by atoms with van der Waals surface area (Å²) >= 11 is 5.92. The van der Waals surface area contributed by atoms with Gasteiger partial charge >= 0.3 is 5.97 Å². The lowest BCUT2D eigenvalue weighted by Gasteiger charge is -2.06. The molecule has 0 aromatic heterocycles. The van der Waals surface area contributed by atoms with Crippen LogP contribution in [0.4, 0.5) is 5.69 Å². The van der Waals surface area contributed by atoms with Crippen LogP contribution in [0.2, 0.25) is 5.02 Å². The number of carbonyl (C=O) groups is 1. The lowest BCUT2D eigenvalue weighted by Crippen LogP contribution is -2.03. The maximum Gasteiger partial charge on any atom is 0.337 e. The van der Waals surface area contributed by atoms with Crippen LogP contribution in [-0.2, 0) is 0 Å². The molecule has 0 fully saturated rings. The van der Waals surface area contributed by atoms with Gasteiger partial charge in [-0.15, -0.1) is 0 Å². The Morgan fingerprint density at radius 3 is 2.45 bits per heavy atom. The number of rotatable bonds is 4. The van der Waals surface area contributed by atoms with Crippen molar-refractivity contribution in [2.24, 2.45) is 0 Å². The Labute approximate surface area is 123 Å². The lowest BCUT2D eigenvalue weighted by atomic mass is 10.1. The van der Waals surface area contributed by atoms with Gasteiger partial charge in [-0.05, 0) is 35.4 Å². The summed E-state index contributed by atoms with van der Waals surface area (Å²) < 4.78 is 0. The lowest BCUT2D eigenvalue weighted by molar-refractivity contribution is 0.0698. The molecule has 0 saturated carbocycles. The summed E-state index contributed by atoms with van der Waals surface area (Å²) in [5.41, 5.74) is 2.75. The van der Waals surface area contributed by atoms with Crippen LogP contribution in [0.3, 0.4) is 0 Å². The van der Waals surface area contributed by atoms with E-state index in [0.29, 0.717) is 10.7 Å². The number of hydrogen-bond acceptors (Lipinski definition) is 2. The van der Waals surface area contributed by atoms with E-state index in [9.17, 15) is 4.79 Å². The third-order valence-corrected chi connectivity index (χ3v) is 3.10. The van der Waals surface area contributed by atoms with Crippen LogP contribution in [0.25, 0.3) is 12.2 Å². The summed E-state index contributed by atoms with van der Waals surface area (Å²) in [4.78, 5) is 11.0. The summed E-state index contributed by atoms with van der Waals surface area (Å²) in [5, 5.41) is 12.6. The van der Waals surface area contributed by atoms with E-state index in [1.54, 1.807) is 26.2 Å². The van der Waals surface area contributed by atoms with E-state index in [1.165, 1.54) is 0 Å². The van der Waals surface area contributed by atoms with Crippen molar-refractivity contribution in [1.82, 2.24) is 0 Å². The smallest absolute Gasteiger partial charge is 0.337 e. The quantitative estimate of drug-likeness (QED) is 0.670. The molecular weight excluding hydrogens is 272 g/mol. The van der Waals surface area contributed by atoms with Gasteiger partial charge in [-0.3, -0.25) is 0 Å². The summed E-state index contributed by atoms with van der Waals surface area (Å²) in [6, 6.07) is 12.7. The second-order valence-electron chi connectivity index (χ2n) is 4.25. The number of aromatic carboxylic acids is 1. The van der Waals surface area contributed by atoms with Gasteiger partial charge in [0.05, 0.1) is 5.56 Å². The van der Waals surface area contributed by atoms with Crippen molar-refractivity contribution in [3.63, 3.8) is 0 Å². The number of carboxylic acid groups (broad SMARTS) is 1. The Hall–Kier alpha value is -2.20. The van der Waals surface area contributed by atoms with Crippen molar-refractivity contribution < 1.29 is 9.90 Å². The van der Waals surface area contributed by atoms with Crippen molar-refractivity contribution in [3.8, 4) is 0 Å². The number of nitrogens with one attached hydrogen (secondary N) is 1. The Bertz CT molecular complexity index is 671. The van der Waals surface area contributed by atoms with E-state index in [1.807, 2.05) is 36.4 Å². The topological polar surface area (TPSA) is 49.3 Å². The van der Waals surface area contributed by atoms with E-state index in [4.69, 9.17) is 16.7 Å². The normalized spacial score (nSPS) is 10.7. The number of halogens is 1. The molecular formula is C15H13BClNO2. The maximum absolute atomic E-state index is 11.0. The predicted octanol–water partition coefficient (Wildman–Crippen LogP) is 3.17. The van der Waals surface area contributed by atoms with Crippen LogP contribution in [0.1, 0.15) is 21.5 Å². The van der Waals surface area contributed by atoms with Crippen LogP contribution in [0, 0.1) is 0 Å². The van der Waals surface area contributed by atoms with Crippen molar-refractivity contribution in [1.29, 1.82) is 0 Å². The van der Waals surface area contributed by atoms with E-state index in [0.717, 1.165) is 11.1 Å². The predicted molar refractivity (Wildman–Crippen MR) is 85.9 cm³/mol. The Morgan fingerprint density at radius 1 is 1.15 bits per heavy atom. The monoisotopic (exact) mass is 285 g/mol. The highest BCUT2D eigenvalue weighted by molar-refractivity contribution is 6.30. The molecule has 2 aromatic rings. The molecule has 2 rings (SSSR count). The van der Waals surface area contributed by atoms with Gasteiger partial charge in [0.15, 0.2) is 0 Å². The van der Waals surface area contributed by atoms with Crippen molar-refractivity contribution in [2.75, 3.05) is 5.23 Å². The van der Waals surface area contributed by atoms with Gasteiger partial charge in [0.1, 0.15) is 0 Å². The SMILES string of the molecule is BNc1cc(/C=C/c2cccc(Cl)c2)ccc1C(=O)O. The van der Waals surface area contributed by atoms with Gasteiger partial charge in [0.2, 0.25) is 7.98 Å². The highest BCUT2D eigenvalue weighted by Crippen LogP contribution is 2.19. The second kappa shape index (κ2) is 6.30. The molecule has 0 radical (unpaired) electrons. The average Bonchev–Trinajstić information content (AvgIpc) is 2.44. The molecule has 0 heterocycles. The third-order valence-electron chi connectivity index (χ3n) is 2.86. The molecule has 5 heteroatoms. The first kappa shape index (κ1) is 14.2. The van der Waals surface area contributed by atoms with Gasteiger partial charge < -0.3 is 10.3 Å². The third kappa shape index (κ3) is 3.42. The van der Waals surface area contributed by atoms with E-state index in [-0.39, 0.29) is 5.56 Å². The van der Waals surface area contributed by atoms with Crippen LogP contribution in [0.15, 0.2) is 42.5 Å². The molecule has 0 aliphatic heterocycles. The molecule has 0 aliphatic carbocycles. The van der Waals surface area contributed by atoms with Crippen molar-refractivity contribution in [3.05, 3.63) is 64.2 Å². The second-order valence-corrected chi connectivity index (χ2v) is 4.68. The van der Waals surface area contributed by atoms with Crippen LogP contribution < -0.4 is 5.23 Å². The summed E-state index contributed by atoms with van der Waals surface area (Å²) in [6.45, 7) is 0. The first-order valence-corrected chi connectivity index (χ1v) is 6.46. The fourth-order valence-electron chi connectivity index (χ4n) is 1.86. The molecule has 20 heavy (non-hydrogen) atoms. The average molecular weight is 286 g/mol. The van der Waals surface area contributed by atoms with E-state index >= 15 is 0 Å².